The van der Waals surface area contributed by atoms with Crippen LogP contribution in [0.4, 0.5) is 0 Å². The second-order valence-corrected chi connectivity index (χ2v) is 4.54. The molecule has 0 heterocycles. The van der Waals surface area contributed by atoms with Crippen molar-refractivity contribution in [2.24, 2.45) is 11.3 Å². The van der Waals surface area contributed by atoms with Gasteiger partial charge in [-0.2, -0.15) is 0 Å². The van der Waals surface area contributed by atoms with E-state index in [1.807, 2.05) is 20.8 Å². The summed E-state index contributed by atoms with van der Waals surface area (Å²) in [6, 6.07) is 0. The van der Waals surface area contributed by atoms with E-state index in [1.54, 1.807) is 0 Å². The van der Waals surface area contributed by atoms with Crippen LogP contribution in [0, 0.1) is 11.3 Å². The van der Waals surface area contributed by atoms with Gasteiger partial charge in [0.15, 0.2) is 0 Å². The molecule has 0 aliphatic rings. The van der Waals surface area contributed by atoms with Gasteiger partial charge in [-0.25, -0.2) is 0 Å². The molecule has 84 valence electrons. The van der Waals surface area contributed by atoms with Gasteiger partial charge in [-0.05, 0) is 17.8 Å². The number of hydrogen-bond donors (Lipinski definition) is 2. The molecule has 1 amide bonds. The average molecular weight is 201 g/mol. The van der Waals surface area contributed by atoms with Gasteiger partial charge in [0.1, 0.15) is 0 Å². The predicted molar refractivity (Wildman–Crippen MR) is 57.9 cm³/mol. The Morgan fingerprint density at radius 1 is 1.50 bits per heavy atom. The van der Waals surface area contributed by atoms with Gasteiger partial charge in [0, 0.05) is 19.6 Å². The molecule has 0 saturated carbocycles. The Kier molecular flexibility index (Phi) is 5.77. The Labute approximate surface area is 86.9 Å². The lowest BCUT2D eigenvalue weighted by molar-refractivity contribution is -0.120. The van der Waals surface area contributed by atoms with E-state index >= 15 is 0 Å². The topological polar surface area (TPSA) is 49.3 Å². The van der Waals surface area contributed by atoms with Crippen molar-refractivity contribution in [2.45, 2.75) is 40.5 Å². The summed E-state index contributed by atoms with van der Waals surface area (Å²) in [6.45, 7) is 8.93. The van der Waals surface area contributed by atoms with Gasteiger partial charge in [-0.15, -0.1) is 0 Å². The van der Waals surface area contributed by atoms with Crippen molar-refractivity contribution in [3.05, 3.63) is 0 Å². The molecule has 0 saturated heterocycles. The number of aliphatic hydroxyl groups is 1. The quantitative estimate of drug-likeness (QED) is 0.685. The van der Waals surface area contributed by atoms with E-state index in [9.17, 15) is 4.79 Å². The first kappa shape index (κ1) is 13.4. The summed E-state index contributed by atoms with van der Waals surface area (Å²) in [5.74, 6) is 0.503. The van der Waals surface area contributed by atoms with E-state index in [-0.39, 0.29) is 17.9 Å². The molecule has 1 atom stereocenters. The normalized spacial score (nSPS) is 13.8. The zero-order valence-corrected chi connectivity index (χ0v) is 9.76. The molecule has 3 nitrogen and oxygen atoms in total. The SMILES string of the molecule is CCC(=O)NCCC(C)C(C)(C)CO. The standard InChI is InChI=1S/C11H23NO2/c1-5-10(14)12-7-6-9(2)11(3,4)8-13/h9,13H,5-8H2,1-4H3,(H,12,14). The van der Waals surface area contributed by atoms with Gasteiger partial charge < -0.3 is 10.4 Å². The fraction of sp³-hybridized carbons (Fsp3) is 0.909. The van der Waals surface area contributed by atoms with Crippen LogP contribution in [-0.4, -0.2) is 24.2 Å². The molecule has 3 heteroatoms. The first-order valence-corrected chi connectivity index (χ1v) is 5.31. The molecule has 0 aromatic carbocycles. The first-order valence-electron chi connectivity index (χ1n) is 5.31. The summed E-state index contributed by atoms with van der Waals surface area (Å²) >= 11 is 0. The van der Waals surface area contributed by atoms with Crippen LogP contribution in [0.5, 0.6) is 0 Å². The number of carbonyl (C=O) groups is 1. The van der Waals surface area contributed by atoms with Crippen molar-refractivity contribution >= 4 is 5.91 Å². The van der Waals surface area contributed by atoms with E-state index in [0.717, 1.165) is 6.42 Å². The maximum atomic E-state index is 11.0. The number of nitrogens with one attached hydrogen (secondary N) is 1. The Bertz CT molecular complexity index is 178. The van der Waals surface area contributed by atoms with Crippen molar-refractivity contribution in [2.75, 3.05) is 13.2 Å². The minimum absolute atomic E-state index is 0.0586. The van der Waals surface area contributed by atoms with Crippen molar-refractivity contribution in [1.29, 1.82) is 0 Å². The van der Waals surface area contributed by atoms with Gasteiger partial charge in [0.25, 0.3) is 0 Å². The highest BCUT2D eigenvalue weighted by Crippen LogP contribution is 2.27. The third-order valence-electron chi connectivity index (χ3n) is 2.96. The smallest absolute Gasteiger partial charge is 0.219 e. The Morgan fingerprint density at radius 2 is 2.07 bits per heavy atom. The second kappa shape index (κ2) is 6.02. The number of carbonyl (C=O) groups excluding carboxylic acids is 1. The van der Waals surface area contributed by atoms with Gasteiger partial charge in [0.05, 0.1) is 0 Å². The van der Waals surface area contributed by atoms with Crippen LogP contribution in [0.25, 0.3) is 0 Å². The molecule has 0 bridgehead atoms. The van der Waals surface area contributed by atoms with Gasteiger partial charge in [-0.1, -0.05) is 27.7 Å². The molecular weight excluding hydrogens is 178 g/mol. The van der Waals surface area contributed by atoms with Crippen molar-refractivity contribution in [3.63, 3.8) is 0 Å². The number of amides is 1. The summed E-state index contributed by atoms with van der Waals surface area (Å²) in [7, 11) is 0. The van der Waals surface area contributed by atoms with Crippen molar-refractivity contribution in [3.8, 4) is 0 Å². The molecule has 0 spiro atoms. The molecule has 0 aromatic heterocycles. The molecule has 0 rings (SSSR count). The molecule has 0 aromatic rings. The zero-order chi connectivity index (χ0) is 11.2. The largest absolute Gasteiger partial charge is 0.396 e. The van der Waals surface area contributed by atoms with Crippen molar-refractivity contribution < 1.29 is 9.90 Å². The number of aliphatic hydroxyl groups excluding tert-OH is 1. The van der Waals surface area contributed by atoms with E-state index in [2.05, 4.69) is 12.2 Å². The molecule has 0 radical (unpaired) electrons. The zero-order valence-electron chi connectivity index (χ0n) is 9.76. The van der Waals surface area contributed by atoms with Crippen LogP contribution >= 0.6 is 0 Å². The van der Waals surface area contributed by atoms with E-state index in [4.69, 9.17) is 5.11 Å². The van der Waals surface area contributed by atoms with E-state index in [1.165, 1.54) is 0 Å². The van der Waals surface area contributed by atoms with Gasteiger partial charge in [0.2, 0.25) is 5.91 Å². The predicted octanol–water partition coefficient (Wildman–Crippen LogP) is 1.56. The second-order valence-electron chi connectivity index (χ2n) is 4.54. The summed E-state index contributed by atoms with van der Waals surface area (Å²) in [4.78, 5) is 11.0. The Hall–Kier alpha value is -0.570. The summed E-state index contributed by atoms with van der Waals surface area (Å²) in [5.41, 5.74) is -0.0586. The Balaban J connectivity index is 3.74. The van der Waals surface area contributed by atoms with E-state index < -0.39 is 0 Å². The lowest BCUT2D eigenvalue weighted by Gasteiger charge is -2.29. The number of hydrogen-bond acceptors (Lipinski definition) is 2. The molecule has 2 N–H and O–H groups in total. The maximum absolute atomic E-state index is 11.0. The fourth-order valence-corrected chi connectivity index (χ4v) is 1.10. The molecule has 0 aliphatic carbocycles. The molecule has 0 aliphatic heterocycles. The maximum Gasteiger partial charge on any atom is 0.219 e. The van der Waals surface area contributed by atoms with E-state index in [0.29, 0.717) is 18.9 Å². The van der Waals surface area contributed by atoms with Crippen LogP contribution in [0.2, 0.25) is 0 Å². The third kappa shape index (κ3) is 4.61. The minimum atomic E-state index is -0.0586. The molecular formula is C11H23NO2. The minimum Gasteiger partial charge on any atom is -0.396 e. The van der Waals surface area contributed by atoms with Crippen LogP contribution in [0.3, 0.4) is 0 Å². The highest BCUT2D eigenvalue weighted by molar-refractivity contribution is 5.75. The molecule has 0 fully saturated rings. The Morgan fingerprint density at radius 3 is 2.50 bits per heavy atom. The molecule has 1 unspecified atom stereocenters. The summed E-state index contributed by atoms with van der Waals surface area (Å²) < 4.78 is 0. The highest BCUT2D eigenvalue weighted by Gasteiger charge is 2.24. The third-order valence-corrected chi connectivity index (χ3v) is 2.96. The van der Waals surface area contributed by atoms with Crippen molar-refractivity contribution in [1.82, 2.24) is 5.32 Å². The lowest BCUT2D eigenvalue weighted by Crippen LogP contribution is -2.31. The number of rotatable bonds is 6. The van der Waals surface area contributed by atoms with Crippen LogP contribution in [-0.2, 0) is 4.79 Å². The van der Waals surface area contributed by atoms with Crippen LogP contribution in [0.1, 0.15) is 40.5 Å². The van der Waals surface area contributed by atoms with Gasteiger partial charge in [-0.3, -0.25) is 4.79 Å². The highest BCUT2D eigenvalue weighted by atomic mass is 16.3. The first-order chi connectivity index (χ1) is 6.44. The average Bonchev–Trinajstić information content (AvgIpc) is 2.17. The summed E-state index contributed by atoms with van der Waals surface area (Å²) in [6.07, 6.45) is 1.46. The van der Waals surface area contributed by atoms with Crippen LogP contribution in [0.15, 0.2) is 0 Å². The summed E-state index contributed by atoms with van der Waals surface area (Å²) in [5, 5.41) is 12.0. The fourth-order valence-electron chi connectivity index (χ4n) is 1.10. The molecule has 14 heavy (non-hydrogen) atoms. The van der Waals surface area contributed by atoms with Crippen LogP contribution < -0.4 is 5.32 Å². The van der Waals surface area contributed by atoms with Gasteiger partial charge >= 0.3 is 0 Å². The monoisotopic (exact) mass is 201 g/mol. The lowest BCUT2D eigenvalue weighted by atomic mass is 9.79.